The molecule has 4 aliphatic rings. The van der Waals surface area contributed by atoms with Crippen LogP contribution in [0.4, 0.5) is 23.7 Å². The van der Waals surface area contributed by atoms with Crippen LogP contribution in [-0.2, 0) is 53.7 Å². The van der Waals surface area contributed by atoms with Crippen LogP contribution >= 0.6 is 0 Å². The van der Waals surface area contributed by atoms with Crippen LogP contribution in [0, 0.1) is 6.92 Å². The predicted octanol–water partition coefficient (Wildman–Crippen LogP) is 6.41. The molecule has 3 heterocycles. The SMILES string of the molecule is Cc1ccc(CN(C(=O)CN2C(=O)O[C@@]3(CCc4cc(NC(=O)CCCCCCCCc5cccc6c5C(=O)N(C5CCC(=O)NC5=O)C6=O)ccc43)C2=O)[C@@H](C)C(F)(F)F)cc1. The molecular formula is C46H48F3N5O9. The molecule has 14 nitrogen and oxygen atoms in total. The van der Waals surface area contributed by atoms with E-state index in [1.54, 1.807) is 54.6 Å². The summed E-state index contributed by atoms with van der Waals surface area (Å²) in [6.07, 6.45) is 0.331. The van der Waals surface area contributed by atoms with E-state index >= 15 is 0 Å². The van der Waals surface area contributed by atoms with Crippen molar-refractivity contribution in [2.24, 2.45) is 0 Å². The van der Waals surface area contributed by atoms with E-state index in [0.29, 0.717) is 57.0 Å². The van der Waals surface area contributed by atoms with E-state index in [1.165, 1.54) is 0 Å². The number of benzene rings is 3. The molecule has 3 atom stereocenters. The van der Waals surface area contributed by atoms with Crippen LogP contribution < -0.4 is 10.6 Å². The van der Waals surface area contributed by atoms with Crippen LogP contribution in [0.25, 0.3) is 0 Å². The zero-order valence-electron chi connectivity index (χ0n) is 35.0. The fourth-order valence-corrected chi connectivity index (χ4v) is 8.79. The van der Waals surface area contributed by atoms with Crippen LogP contribution in [0.1, 0.15) is 120 Å². The lowest BCUT2D eigenvalue weighted by Gasteiger charge is -2.31. The molecule has 1 aliphatic carbocycles. The number of aryl methyl sites for hydroxylation is 3. The number of carbonyl (C=O) groups excluding carboxylic acids is 8. The number of carbonyl (C=O) groups is 8. The number of fused-ring (bicyclic) bond motifs is 3. The summed E-state index contributed by atoms with van der Waals surface area (Å²) in [5.41, 5.74) is 2.44. The lowest BCUT2D eigenvalue weighted by Crippen LogP contribution is -2.54. The van der Waals surface area contributed by atoms with Crippen molar-refractivity contribution in [1.29, 1.82) is 0 Å². The first kappa shape index (κ1) is 44.7. The number of anilines is 1. The number of nitrogens with one attached hydrogen (secondary N) is 2. The molecule has 3 aromatic rings. The van der Waals surface area contributed by atoms with Gasteiger partial charge in [0.15, 0.2) is 0 Å². The minimum Gasteiger partial charge on any atom is -0.427 e. The summed E-state index contributed by atoms with van der Waals surface area (Å²) >= 11 is 0. The summed E-state index contributed by atoms with van der Waals surface area (Å²) in [7, 11) is 0. The Labute approximate surface area is 361 Å². The number of halogens is 3. The van der Waals surface area contributed by atoms with Crippen LogP contribution in [0.15, 0.2) is 60.7 Å². The summed E-state index contributed by atoms with van der Waals surface area (Å²) in [5, 5.41) is 5.08. The Morgan fingerprint density at radius 3 is 2.35 bits per heavy atom. The average Bonchev–Trinajstić information content (AvgIpc) is 3.81. The highest BCUT2D eigenvalue weighted by Gasteiger charge is 2.59. The van der Waals surface area contributed by atoms with Gasteiger partial charge < -0.3 is 15.0 Å². The molecule has 17 heteroatoms. The lowest BCUT2D eigenvalue weighted by atomic mass is 9.94. The van der Waals surface area contributed by atoms with Crippen LogP contribution in [-0.4, -0.2) is 86.9 Å². The van der Waals surface area contributed by atoms with Gasteiger partial charge in [0.2, 0.25) is 29.2 Å². The highest BCUT2D eigenvalue weighted by molar-refractivity contribution is 6.24. The highest BCUT2D eigenvalue weighted by Crippen LogP contribution is 2.46. The molecule has 3 aromatic carbocycles. The first-order valence-electron chi connectivity index (χ1n) is 21.2. The molecule has 63 heavy (non-hydrogen) atoms. The van der Waals surface area contributed by atoms with Gasteiger partial charge in [-0.25, -0.2) is 9.69 Å². The van der Waals surface area contributed by atoms with Gasteiger partial charge in [-0.3, -0.25) is 43.8 Å². The molecule has 0 aromatic heterocycles. The molecule has 1 spiro atoms. The molecule has 0 bridgehead atoms. The van der Waals surface area contributed by atoms with Gasteiger partial charge in [0.05, 0.1) is 11.1 Å². The number of hydrogen-bond acceptors (Lipinski definition) is 9. The van der Waals surface area contributed by atoms with Crippen molar-refractivity contribution >= 4 is 53.1 Å². The minimum atomic E-state index is -4.76. The maximum atomic E-state index is 13.9. The molecule has 8 amide bonds. The van der Waals surface area contributed by atoms with Crippen molar-refractivity contribution in [1.82, 2.24) is 20.0 Å². The van der Waals surface area contributed by atoms with Gasteiger partial charge in [-0.15, -0.1) is 0 Å². The summed E-state index contributed by atoms with van der Waals surface area (Å²) in [5.74, 6) is -4.23. The number of amides is 8. The van der Waals surface area contributed by atoms with E-state index in [0.717, 1.165) is 55.1 Å². The van der Waals surface area contributed by atoms with Crippen LogP contribution in [0.2, 0.25) is 0 Å². The van der Waals surface area contributed by atoms with Crippen molar-refractivity contribution in [3.05, 3.63) is 99.6 Å². The molecule has 332 valence electrons. The Bertz CT molecular complexity index is 2370. The molecule has 2 fully saturated rings. The molecule has 2 N–H and O–H groups in total. The maximum absolute atomic E-state index is 13.9. The number of piperidine rings is 1. The van der Waals surface area contributed by atoms with E-state index < -0.39 is 71.9 Å². The van der Waals surface area contributed by atoms with Gasteiger partial charge in [0.25, 0.3) is 17.7 Å². The van der Waals surface area contributed by atoms with E-state index in [1.807, 2.05) is 13.0 Å². The normalized spacial score (nSPS) is 19.9. The summed E-state index contributed by atoms with van der Waals surface area (Å²) in [6.45, 7) is 1.36. The Hall–Kier alpha value is -6.39. The summed E-state index contributed by atoms with van der Waals surface area (Å²) < 4.78 is 47.2. The molecule has 1 unspecified atom stereocenters. The molecule has 0 radical (unpaired) electrons. The second-order valence-corrected chi connectivity index (χ2v) is 16.6. The van der Waals surface area contributed by atoms with Crippen molar-refractivity contribution < 1.29 is 56.3 Å². The van der Waals surface area contributed by atoms with E-state index in [9.17, 15) is 51.5 Å². The molecule has 3 aliphatic heterocycles. The van der Waals surface area contributed by atoms with Crippen LogP contribution in [0.3, 0.4) is 0 Å². The van der Waals surface area contributed by atoms with Crippen molar-refractivity contribution in [2.75, 3.05) is 11.9 Å². The fourth-order valence-electron chi connectivity index (χ4n) is 8.79. The number of unbranched alkanes of at least 4 members (excludes halogenated alkanes) is 5. The van der Waals surface area contributed by atoms with Gasteiger partial charge in [0.1, 0.15) is 18.6 Å². The monoisotopic (exact) mass is 871 g/mol. The van der Waals surface area contributed by atoms with Crippen molar-refractivity contribution in [3.63, 3.8) is 0 Å². The fraction of sp³-hybridized carbons (Fsp3) is 0.435. The quantitative estimate of drug-likeness (QED) is 0.122. The van der Waals surface area contributed by atoms with E-state index in [-0.39, 0.29) is 43.7 Å². The molecule has 2 saturated heterocycles. The number of hydrogen-bond donors (Lipinski definition) is 2. The van der Waals surface area contributed by atoms with Gasteiger partial charge in [-0.2, -0.15) is 13.2 Å². The standard InChI is InChI=1S/C46H48F3N5O9/c1-27-14-16-29(17-15-27)25-52(28(2)46(47,48)49)38(57)26-53-43(61)45(63-44(53)62)23-22-31-24-32(18-19-34(31)45)50-36(55)13-8-6-4-3-5-7-10-30-11-9-12-33-39(30)42(60)54(41(33)59)35-20-21-37(56)51-40(35)58/h9,11-12,14-19,24,28,35H,3-8,10,13,20-23,25-26H2,1-2H3,(H,50,55)(H,51,56,58)/t28-,35?,45+/m0/s1. The van der Waals surface area contributed by atoms with Gasteiger partial charge in [-0.1, -0.05) is 73.7 Å². The van der Waals surface area contributed by atoms with Gasteiger partial charge >= 0.3 is 12.3 Å². The number of ether oxygens (including phenoxy) is 1. The van der Waals surface area contributed by atoms with E-state index in [2.05, 4.69) is 10.6 Å². The van der Waals surface area contributed by atoms with Gasteiger partial charge in [0, 0.05) is 37.1 Å². The Kier molecular flexibility index (Phi) is 12.9. The number of alkyl halides is 3. The van der Waals surface area contributed by atoms with Crippen molar-refractivity contribution in [2.45, 2.75) is 121 Å². The minimum absolute atomic E-state index is 0.0508. The lowest BCUT2D eigenvalue weighted by molar-refractivity contribution is -0.187. The van der Waals surface area contributed by atoms with Crippen LogP contribution in [0.5, 0.6) is 0 Å². The van der Waals surface area contributed by atoms with Crippen molar-refractivity contribution in [3.8, 4) is 0 Å². The van der Waals surface area contributed by atoms with Gasteiger partial charge in [-0.05, 0) is 80.8 Å². The Morgan fingerprint density at radius 2 is 1.63 bits per heavy atom. The number of imide groups is 3. The third kappa shape index (κ3) is 9.23. The number of rotatable bonds is 16. The summed E-state index contributed by atoms with van der Waals surface area (Å²) in [4.78, 5) is 106. The topological polar surface area (TPSA) is 180 Å². The first-order chi connectivity index (χ1) is 30.0. The number of nitrogens with zero attached hydrogens (tertiary/aromatic N) is 3. The Morgan fingerprint density at radius 1 is 0.921 bits per heavy atom. The highest BCUT2D eigenvalue weighted by atomic mass is 19.4. The third-order valence-electron chi connectivity index (χ3n) is 12.3. The first-order valence-corrected chi connectivity index (χ1v) is 21.2. The average molecular weight is 872 g/mol. The predicted molar refractivity (Wildman–Crippen MR) is 220 cm³/mol. The third-order valence-corrected chi connectivity index (χ3v) is 12.3. The summed E-state index contributed by atoms with van der Waals surface area (Å²) in [6, 6.07) is 13.4. The maximum Gasteiger partial charge on any atom is 0.418 e. The zero-order chi connectivity index (χ0) is 45.2. The Balaban J connectivity index is 0.855. The van der Waals surface area contributed by atoms with E-state index in [4.69, 9.17) is 4.74 Å². The molecular weight excluding hydrogens is 824 g/mol. The smallest absolute Gasteiger partial charge is 0.418 e. The largest absolute Gasteiger partial charge is 0.427 e. The molecule has 7 rings (SSSR count). The second kappa shape index (κ2) is 18.1. The zero-order valence-corrected chi connectivity index (χ0v) is 35.0. The second-order valence-electron chi connectivity index (χ2n) is 16.6. The molecule has 0 saturated carbocycles.